The standard InChI is InChI=1S/C20H21FN2O3/c1-26-18-8-4-16(5-9-18)20(25)23-12-10-22(11-13-23)19(24)14-15-2-6-17(21)7-3-15/h2-9H,10-14H2,1H3. The third kappa shape index (κ3) is 4.20. The second-order valence-electron chi connectivity index (χ2n) is 6.20. The Labute approximate surface area is 152 Å². The van der Waals surface area contributed by atoms with Crippen LogP contribution in [0.2, 0.25) is 0 Å². The molecule has 2 amide bonds. The van der Waals surface area contributed by atoms with Crippen LogP contribution >= 0.6 is 0 Å². The fraction of sp³-hybridized carbons (Fsp3) is 0.300. The zero-order valence-corrected chi connectivity index (χ0v) is 14.7. The van der Waals surface area contributed by atoms with Gasteiger partial charge in [0.15, 0.2) is 0 Å². The maximum absolute atomic E-state index is 12.9. The summed E-state index contributed by atoms with van der Waals surface area (Å²) in [4.78, 5) is 28.4. The largest absolute Gasteiger partial charge is 0.497 e. The molecule has 0 atom stereocenters. The van der Waals surface area contributed by atoms with Gasteiger partial charge in [-0.05, 0) is 42.0 Å². The summed E-state index contributed by atoms with van der Waals surface area (Å²) in [7, 11) is 1.58. The lowest BCUT2D eigenvalue weighted by Crippen LogP contribution is -2.51. The molecule has 1 aliphatic heterocycles. The van der Waals surface area contributed by atoms with E-state index in [0.717, 1.165) is 5.56 Å². The maximum Gasteiger partial charge on any atom is 0.253 e. The Morgan fingerprint density at radius 2 is 1.50 bits per heavy atom. The van der Waals surface area contributed by atoms with Crippen molar-refractivity contribution < 1.29 is 18.7 Å². The van der Waals surface area contributed by atoms with Gasteiger partial charge in [0.1, 0.15) is 11.6 Å². The van der Waals surface area contributed by atoms with E-state index in [4.69, 9.17) is 4.74 Å². The van der Waals surface area contributed by atoms with Gasteiger partial charge in [-0.15, -0.1) is 0 Å². The van der Waals surface area contributed by atoms with Crippen molar-refractivity contribution in [2.24, 2.45) is 0 Å². The molecule has 3 rings (SSSR count). The van der Waals surface area contributed by atoms with E-state index >= 15 is 0 Å². The molecule has 1 heterocycles. The molecule has 5 nitrogen and oxygen atoms in total. The van der Waals surface area contributed by atoms with Crippen LogP contribution in [0.15, 0.2) is 48.5 Å². The minimum absolute atomic E-state index is 0.00634. The molecule has 26 heavy (non-hydrogen) atoms. The van der Waals surface area contributed by atoms with Crippen molar-refractivity contribution in [2.45, 2.75) is 6.42 Å². The summed E-state index contributed by atoms with van der Waals surface area (Å²) in [6.07, 6.45) is 0.243. The van der Waals surface area contributed by atoms with E-state index in [1.807, 2.05) is 0 Å². The molecule has 0 bridgehead atoms. The number of hydrogen-bond acceptors (Lipinski definition) is 3. The summed E-state index contributed by atoms with van der Waals surface area (Å²) >= 11 is 0. The normalized spacial score (nSPS) is 14.2. The Morgan fingerprint density at radius 3 is 2.08 bits per heavy atom. The van der Waals surface area contributed by atoms with Gasteiger partial charge in [0.05, 0.1) is 13.5 Å². The Morgan fingerprint density at radius 1 is 0.923 bits per heavy atom. The van der Waals surface area contributed by atoms with Gasteiger partial charge in [-0.3, -0.25) is 9.59 Å². The van der Waals surface area contributed by atoms with Gasteiger partial charge in [-0.2, -0.15) is 0 Å². The zero-order chi connectivity index (χ0) is 18.5. The summed E-state index contributed by atoms with van der Waals surface area (Å²) in [5.74, 6) is 0.344. The third-order valence-electron chi connectivity index (χ3n) is 4.53. The number of benzene rings is 2. The molecule has 0 unspecified atom stereocenters. The van der Waals surface area contributed by atoms with Crippen LogP contribution in [0.3, 0.4) is 0 Å². The lowest BCUT2D eigenvalue weighted by molar-refractivity contribution is -0.131. The number of hydrogen-bond donors (Lipinski definition) is 0. The molecule has 0 saturated carbocycles. The Kier molecular flexibility index (Phi) is 5.51. The van der Waals surface area contributed by atoms with Crippen LogP contribution in [-0.2, 0) is 11.2 Å². The van der Waals surface area contributed by atoms with Gasteiger partial charge in [0, 0.05) is 31.7 Å². The van der Waals surface area contributed by atoms with Crippen LogP contribution in [0.4, 0.5) is 4.39 Å². The summed E-state index contributed by atoms with van der Waals surface area (Å²) in [5.41, 5.74) is 1.39. The number of halogens is 1. The van der Waals surface area contributed by atoms with Gasteiger partial charge < -0.3 is 14.5 Å². The smallest absolute Gasteiger partial charge is 0.253 e. The number of ether oxygens (including phenoxy) is 1. The molecule has 2 aromatic carbocycles. The van der Waals surface area contributed by atoms with Crippen molar-refractivity contribution >= 4 is 11.8 Å². The fourth-order valence-electron chi connectivity index (χ4n) is 2.96. The SMILES string of the molecule is COc1ccc(C(=O)N2CCN(C(=O)Cc3ccc(F)cc3)CC2)cc1. The van der Waals surface area contributed by atoms with E-state index < -0.39 is 0 Å². The number of rotatable bonds is 4. The Hall–Kier alpha value is -2.89. The zero-order valence-electron chi connectivity index (χ0n) is 14.7. The molecule has 1 saturated heterocycles. The van der Waals surface area contributed by atoms with Gasteiger partial charge in [-0.1, -0.05) is 12.1 Å². The fourth-order valence-corrected chi connectivity index (χ4v) is 2.96. The molecule has 1 fully saturated rings. The third-order valence-corrected chi connectivity index (χ3v) is 4.53. The average Bonchev–Trinajstić information content (AvgIpc) is 2.69. The highest BCUT2D eigenvalue weighted by Crippen LogP contribution is 2.15. The van der Waals surface area contributed by atoms with Crippen LogP contribution in [0.25, 0.3) is 0 Å². The van der Waals surface area contributed by atoms with Crippen LogP contribution in [0.5, 0.6) is 5.75 Å². The summed E-state index contributed by atoms with van der Waals surface area (Å²) in [5, 5.41) is 0. The van der Waals surface area contributed by atoms with Crippen molar-refractivity contribution in [1.82, 2.24) is 9.80 Å². The van der Waals surface area contributed by atoms with Gasteiger partial charge in [-0.25, -0.2) is 4.39 Å². The maximum atomic E-state index is 12.9. The second kappa shape index (κ2) is 7.99. The summed E-state index contributed by atoms with van der Waals surface area (Å²) < 4.78 is 18.0. The molecule has 136 valence electrons. The number of carbonyl (C=O) groups is 2. The first-order valence-electron chi connectivity index (χ1n) is 8.52. The highest BCUT2D eigenvalue weighted by Gasteiger charge is 2.24. The molecule has 1 aliphatic rings. The number of amides is 2. The molecule has 6 heteroatoms. The van der Waals surface area contributed by atoms with Crippen LogP contribution in [0.1, 0.15) is 15.9 Å². The Balaban J connectivity index is 1.53. The monoisotopic (exact) mass is 356 g/mol. The predicted octanol–water partition coefficient (Wildman–Crippen LogP) is 2.36. The summed E-state index contributed by atoms with van der Waals surface area (Å²) in [6.45, 7) is 2.00. The van der Waals surface area contributed by atoms with E-state index in [9.17, 15) is 14.0 Å². The van der Waals surface area contributed by atoms with Crippen molar-refractivity contribution in [3.63, 3.8) is 0 Å². The first-order valence-corrected chi connectivity index (χ1v) is 8.52. The molecule has 2 aromatic rings. The average molecular weight is 356 g/mol. The quantitative estimate of drug-likeness (QED) is 0.845. The van der Waals surface area contributed by atoms with Gasteiger partial charge in [0.2, 0.25) is 5.91 Å². The number of carbonyl (C=O) groups excluding carboxylic acids is 2. The van der Waals surface area contributed by atoms with E-state index in [2.05, 4.69) is 0 Å². The number of piperazine rings is 1. The first-order chi connectivity index (χ1) is 12.6. The van der Waals surface area contributed by atoms with Crippen molar-refractivity contribution in [1.29, 1.82) is 0 Å². The van der Waals surface area contributed by atoms with E-state index in [-0.39, 0.29) is 24.1 Å². The highest BCUT2D eigenvalue weighted by atomic mass is 19.1. The molecule has 0 aromatic heterocycles. The molecular formula is C20H21FN2O3. The van der Waals surface area contributed by atoms with E-state index in [1.165, 1.54) is 12.1 Å². The summed E-state index contributed by atoms with van der Waals surface area (Å²) in [6, 6.07) is 13.0. The lowest BCUT2D eigenvalue weighted by atomic mass is 10.1. The van der Waals surface area contributed by atoms with E-state index in [0.29, 0.717) is 37.5 Å². The van der Waals surface area contributed by atoms with Gasteiger partial charge in [0.25, 0.3) is 5.91 Å². The van der Waals surface area contributed by atoms with Crippen LogP contribution in [-0.4, -0.2) is 54.9 Å². The van der Waals surface area contributed by atoms with E-state index in [1.54, 1.807) is 53.3 Å². The second-order valence-corrected chi connectivity index (χ2v) is 6.20. The van der Waals surface area contributed by atoms with Crippen molar-refractivity contribution in [3.05, 3.63) is 65.5 Å². The highest BCUT2D eigenvalue weighted by molar-refractivity contribution is 5.94. The molecular weight excluding hydrogens is 335 g/mol. The van der Waals surface area contributed by atoms with Crippen LogP contribution < -0.4 is 4.74 Å². The molecule has 0 spiro atoms. The number of methoxy groups -OCH3 is 1. The predicted molar refractivity (Wildman–Crippen MR) is 95.6 cm³/mol. The van der Waals surface area contributed by atoms with Crippen LogP contribution in [0, 0.1) is 5.82 Å². The Bertz CT molecular complexity index is 767. The molecule has 0 radical (unpaired) electrons. The number of nitrogens with zero attached hydrogens (tertiary/aromatic N) is 2. The minimum Gasteiger partial charge on any atom is -0.497 e. The topological polar surface area (TPSA) is 49.9 Å². The molecule has 0 aliphatic carbocycles. The lowest BCUT2D eigenvalue weighted by Gasteiger charge is -2.35. The minimum atomic E-state index is -0.313. The first kappa shape index (κ1) is 17.9. The van der Waals surface area contributed by atoms with Crippen molar-refractivity contribution in [2.75, 3.05) is 33.3 Å². The van der Waals surface area contributed by atoms with Gasteiger partial charge >= 0.3 is 0 Å². The molecule has 0 N–H and O–H groups in total. The van der Waals surface area contributed by atoms with Crippen molar-refractivity contribution in [3.8, 4) is 5.75 Å².